The van der Waals surface area contributed by atoms with E-state index >= 15 is 0 Å². The Labute approximate surface area is 196 Å². The van der Waals surface area contributed by atoms with E-state index in [4.69, 9.17) is 14.2 Å². The molecule has 0 fully saturated rings. The monoisotopic (exact) mass is 464 g/mol. The summed E-state index contributed by atoms with van der Waals surface area (Å²) >= 11 is 1.42. The highest BCUT2D eigenvalue weighted by atomic mass is 32.2. The first-order valence-corrected chi connectivity index (χ1v) is 11.5. The summed E-state index contributed by atoms with van der Waals surface area (Å²) in [6, 6.07) is 19.6. The molecule has 0 atom stereocenters. The number of amides is 2. The summed E-state index contributed by atoms with van der Waals surface area (Å²) in [6.45, 7) is 1.26. The summed E-state index contributed by atoms with van der Waals surface area (Å²) < 4.78 is 16.6. The molecule has 0 saturated carbocycles. The van der Waals surface area contributed by atoms with Crippen molar-refractivity contribution in [2.24, 2.45) is 0 Å². The zero-order valence-corrected chi connectivity index (χ0v) is 18.9. The topological polar surface area (TPSA) is 85.9 Å². The molecular formula is C25H24N2O5S. The van der Waals surface area contributed by atoms with E-state index in [0.29, 0.717) is 41.7 Å². The van der Waals surface area contributed by atoms with Gasteiger partial charge in [0, 0.05) is 22.6 Å². The number of fused-ring (bicyclic) bond motifs is 1. The third-order valence-electron chi connectivity index (χ3n) is 4.87. The van der Waals surface area contributed by atoms with Crippen molar-refractivity contribution < 1.29 is 23.8 Å². The number of hydrogen-bond acceptors (Lipinski definition) is 6. The van der Waals surface area contributed by atoms with Crippen molar-refractivity contribution in [1.29, 1.82) is 0 Å². The van der Waals surface area contributed by atoms with Crippen LogP contribution in [0, 0.1) is 0 Å². The van der Waals surface area contributed by atoms with Gasteiger partial charge in [-0.3, -0.25) is 9.59 Å². The number of anilines is 2. The third-order valence-corrected chi connectivity index (χ3v) is 5.87. The molecule has 0 aliphatic carbocycles. The van der Waals surface area contributed by atoms with Crippen LogP contribution in [0.4, 0.5) is 11.4 Å². The third kappa shape index (κ3) is 5.98. The lowest BCUT2D eigenvalue weighted by Crippen LogP contribution is -2.15. The smallest absolute Gasteiger partial charge is 0.255 e. The van der Waals surface area contributed by atoms with Crippen LogP contribution in [0.25, 0.3) is 0 Å². The second-order valence-electron chi connectivity index (χ2n) is 7.23. The summed E-state index contributed by atoms with van der Waals surface area (Å²) in [7, 11) is 1.55. The molecule has 0 saturated heterocycles. The molecular weight excluding hydrogens is 440 g/mol. The van der Waals surface area contributed by atoms with Crippen LogP contribution in [-0.2, 0) is 4.79 Å². The first-order valence-electron chi connectivity index (χ1n) is 10.5. The molecule has 0 unspecified atom stereocenters. The van der Waals surface area contributed by atoms with Crippen LogP contribution in [0.15, 0.2) is 71.6 Å². The first kappa shape index (κ1) is 22.5. The minimum absolute atomic E-state index is 0.140. The maximum Gasteiger partial charge on any atom is 0.255 e. The zero-order valence-electron chi connectivity index (χ0n) is 18.1. The predicted octanol–water partition coefficient (Wildman–Crippen LogP) is 4.84. The number of hydrogen-bond donors (Lipinski definition) is 2. The Morgan fingerprint density at radius 2 is 1.70 bits per heavy atom. The van der Waals surface area contributed by atoms with Gasteiger partial charge >= 0.3 is 0 Å². The standard InChI is InChI=1S/C25H24N2O5S/c1-30-21-6-3-2-5-20(21)27-25(29)17-7-9-18(10-8-17)26-24(28)16-33-19-11-12-22-23(15-19)32-14-4-13-31-22/h2-3,5-12,15H,4,13-14,16H2,1H3,(H,26,28)(H,27,29). The maximum atomic E-state index is 12.5. The van der Waals surface area contributed by atoms with E-state index in [1.807, 2.05) is 30.3 Å². The van der Waals surface area contributed by atoms with Crippen LogP contribution in [0.3, 0.4) is 0 Å². The van der Waals surface area contributed by atoms with E-state index in [-0.39, 0.29) is 17.6 Å². The highest BCUT2D eigenvalue weighted by Crippen LogP contribution is 2.34. The van der Waals surface area contributed by atoms with Gasteiger partial charge in [0.25, 0.3) is 5.91 Å². The molecule has 170 valence electrons. The summed E-state index contributed by atoms with van der Waals surface area (Å²) in [4.78, 5) is 25.8. The number of nitrogens with one attached hydrogen (secondary N) is 2. The van der Waals surface area contributed by atoms with Gasteiger partial charge in [-0.25, -0.2) is 0 Å². The fourth-order valence-corrected chi connectivity index (χ4v) is 3.95. The number of ether oxygens (including phenoxy) is 3. The molecule has 4 rings (SSSR count). The lowest BCUT2D eigenvalue weighted by molar-refractivity contribution is -0.113. The number of benzene rings is 3. The van der Waals surface area contributed by atoms with Gasteiger partial charge in [-0.15, -0.1) is 11.8 Å². The first-order chi connectivity index (χ1) is 16.1. The van der Waals surface area contributed by atoms with Gasteiger partial charge in [0.15, 0.2) is 11.5 Å². The Morgan fingerprint density at radius 3 is 2.48 bits per heavy atom. The van der Waals surface area contributed by atoms with Gasteiger partial charge in [-0.2, -0.15) is 0 Å². The van der Waals surface area contributed by atoms with E-state index in [1.165, 1.54) is 11.8 Å². The molecule has 1 heterocycles. The molecule has 3 aromatic carbocycles. The van der Waals surface area contributed by atoms with E-state index in [9.17, 15) is 9.59 Å². The molecule has 0 spiro atoms. The van der Waals surface area contributed by atoms with Crippen molar-refractivity contribution in [3.8, 4) is 17.2 Å². The number of carbonyl (C=O) groups is 2. The van der Waals surface area contributed by atoms with Crippen LogP contribution < -0.4 is 24.8 Å². The van der Waals surface area contributed by atoms with Crippen molar-refractivity contribution in [3.63, 3.8) is 0 Å². The maximum absolute atomic E-state index is 12.5. The van der Waals surface area contributed by atoms with E-state index in [0.717, 1.165) is 17.1 Å². The lowest BCUT2D eigenvalue weighted by Gasteiger charge is -2.11. The Morgan fingerprint density at radius 1 is 0.939 bits per heavy atom. The van der Waals surface area contributed by atoms with E-state index < -0.39 is 0 Å². The van der Waals surface area contributed by atoms with Crippen molar-refractivity contribution in [3.05, 3.63) is 72.3 Å². The van der Waals surface area contributed by atoms with Crippen LogP contribution in [0.5, 0.6) is 17.2 Å². The quantitative estimate of drug-likeness (QED) is 0.487. The van der Waals surface area contributed by atoms with Gasteiger partial charge in [0.05, 0.1) is 31.8 Å². The number of rotatable bonds is 7. The summed E-state index contributed by atoms with van der Waals surface area (Å²) in [6.07, 6.45) is 0.848. The molecule has 3 aromatic rings. The highest BCUT2D eigenvalue weighted by molar-refractivity contribution is 8.00. The lowest BCUT2D eigenvalue weighted by atomic mass is 10.2. The van der Waals surface area contributed by atoms with Crippen molar-refractivity contribution in [2.75, 3.05) is 36.7 Å². The average Bonchev–Trinajstić information content (AvgIpc) is 3.08. The number of methoxy groups -OCH3 is 1. The Hall–Kier alpha value is -3.65. The van der Waals surface area contributed by atoms with Crippen LogP contribution >= 0.6 is 11.8 Å². The fourth-order valence-electron chi connectivity index (χ4n) is 3.23. The van der Waals surface area contributed by atoms with Crippen molar-refractivity contribution in [1.82, 2.24) is 0 Å². The molecule has 0 bridgehead atoms. The average molecular weight is 465 g/mol. The molecule has 0 aromatic heterocycles. The number of thioether (sulfide) groups is 1. The second-order valence-corrected chi connectivity index (χ2v) is 8.28. The van der Waals surface area contributed by atoms with E-state index in [2.05, 4.69) is 10.6 Å². The minimum Gasteiger partial charge on any atom is -0.495 e. The van der Waals surface area contributed by atoms with Crippen molar-refractivity contribution in [2.45, 2.75) is 11.3 Å². The molecule has 1 aliphatic rings. The Balaban J connectivity index is 1.30. The van der Waals surface area contributed by atoms with Gasteiger partial charge in [0.2, 0.25) is 5.91 Å². The fraction of sp³-hybridized carbons (Fsp3) is 0.200. The predicted molar refractivity (Wildman–Crippen MR) is 129 cm³/mol. The van der Waals surface area contributed by atoms with Gasteiger partial charge < -0.3 is 24.8 Å². The summed E-state index contributed by atoms with van der Waals surface area (Å²) in [5.74, 6) is 1.87. The molecule has 1 aliphatic heterocycles. The van der Waals surface area contributed by atoms with Gasteiger partial charge in [0.1, 0.15) is 5.75 Å². The number of para-hydroxylation sites is 2. The normalized spacial score (nSPS) is 12.4. The highest BCUT2D eigenvalue weighted by Gasteiger charge is 2.13. The second kappa shape index (κ2) is 10.8. The van der Waals surface area contributed by atoms with Crippen molar-refractivity contribution >= 4 is 35.0 Å². The number of carbonyl (C=O) groups excluding carboxylic acids is 2. The zero-order chi connectivity index (χ0) is 23.0. The molecule has 8 heteroatoms. The molecule has 2 N–H and O–H groups in total. The minimum atomic E-state index is -0.262. The molecule has 33 heavy (non-hydrogen) atoms. The molecule has 2 amide bonds. The van der Waals surface area contributed by atoms with Crippen LogP contribution in [0.2, 0.25) is 0 Å². The van der Waals surface area contributed by atoms with Crippen LogP contribution in [-0.4, -0.2) is 37.9 Å². The molecule has 7 nitrogen and oxygen atoms in total. The van der Waals surface area contributed by atoms with E-state index in [1.54, 1.807) is 43.5 Å². The summed E-state index contributed by atoms with van der Waals surface area (Å²) in [5.41, 5.74) is 1.68. The van der Waals surface area contributed by atoms with Gasteiger partial charge in [-0.05, 0) is 54.6 Å². The van der Waals surface area contributed by atoms with Crippen LogP contribution in [0.1, 0.15) is 16.8 Å². The summed E-state index contributed by atoms with van der Waals surface area (Å²) in [5, 5.41) is 5.68. The SMILES string of the molecule is COc1ccccc1NC(=O)c1ccc(NC(=O)CSc2ccc3c(c2)OCCCO3)cc1. The molecule has 0 radical (unpaired) electrons. The van der Waals surface area contributed by atoms with Gasteiger partial charge in [-0.1, -0.05) is 12.1 Å². The Bertz CT molecular complexity index is 1130. The largest absolute Gasteiger partial charge is 0.495 e. The Kier molecular flexibility index (Phi) is 7.36.